The fourth-order valence-corrected chi connectivity index (χ4v) is 2.47. The van der Waals surface area contributed by atoms with Crippen LogP contribution in [0.2, 0.25) is 0 Å². The molecule has 0 spiro atoms. The first-order valence-electron chi connectivity index (χ1n) is 5.90. The van der Waals surface area contributed by atoms with Crippen molar-refractivity contribution < 1.29 is 32.9 Å². The minimum atomic E-state index is -4.97. The van der Waals surface area contributed by atoms with E-state index in [9.17, 15) is 23.1 Å². The van der Waals surface area contributed by atoms with Crippen molar-refractivity contribution >= 4 is 17.6 Å². The zero-order valence-electron chi connectivity index (χ0n) is 10.7. The molecular weight excluding hydrogens is 313 g/mol. The van der Waals surface area contributed by atoms with Crippen molar-refractivity contribution in [1.82, 2.24) is 0 Å². The Balaban J connectivity index is 2.64. The van der Waals surface area contributed by atoms with Gasteiger partial charge in [-0.1, -0.05) is 18.5 Å². The number of aliphatic carboxylic acids is 1. The molecule has 0 bridgehead atoms. The minimum Gasteiger partial charge on any atom is -0.478 e. The highest BCUT2D eigenvalue weighted by atomic mass is 35.5. The summed E-state index contributed by atoms with van der Waals surface area (Å²) in [5.41, 5.74) is -0.626. The number of aliphatic hydroxyl groups excluding tert-OH is 1. The van der Waals surface area contributed by atoms with Crippen molar-refractivity contribution in [1.29, 1.82) is 0 Å². The smallest absolute Gasteiger partial charge is 0.450 e. The average Bonchev–Trinajstić information content (AvgIpc) is 2.36. The van der Waals surface area contributed by atoms with Crippen LogP contribution in [0.5, 0.6) is 0 Å². The van der Waals surface area contributed by atoms with Gasteiger partial charge in [0, 0.05) is 5.57 Å². The molecule has 2 rings (SSSR count). The summed E-state index contributed by atoms with van der Waals surface area (Å²) in [6, 6.07) is 0. The van der Waals surface area contributed by atoms with Crippen LogP contribution in [-0.4, -0.2) is 28.5 Å². The molecule has 0 aromatic heterocycles. The molecule has 8 heteroatoms. The Labute approximate surface area is 122 Å². The van der Waals surface area contributed by atoms with E-state index in [2.05, 4.69) is 4.74 Å². The van der Waals surface area contributed by atoms with Crippen LogP contribution in [0.15, 0.2) is 45.4 Å². The van der Waals surface area contributed by atoms with Gasteiger partial charge in [0.1, 0.15) is 11.3 Å². The molecule has 0 saturated carbocycles. The lowest BCUT2D eigenvalue weighted by molar-refractivity contribution is -0.138. The Bertz CT molecular complexity index is 626. The third kappa shape index (κ3) is 2.71. The van der Waals surface area contributed by atoms with E-state index in [1.54, 1.807) is 6.92 Å². The third-order valence-electron chi connectivity index (χ3n) is 3.06. The zero-order valence-corrected chi connectivity index (χ0v) is 11.4. The Morgan fingerprint density at radius 3 is 2.57 bits per heavy atom. The Hall–Kier alpha value is -1.73. The molecule has 0 saturated heterocycles. The average molecular weight is 323 g/mol. The van der Waals surface area contributed by atoms with E-state index in [1.165, 1.54) is 0 Å². The summed E-state index contributed by atoms with van der Waals surface area (Å²) in [6.45, 7) is 1.71. The van der Waals surface area contributed by atoms with Crippen molar-refractivity contribution in [3.05, 3.63) is 45.4 Å². The number of halogens is 4. The first kappa shape index (κ1) is 15.7. The van der Waals surface area contributed by atoms with Gasteiger partial charge in [0.15, 0.2) is 0 Å². The molecule has 0 amide bonds. The largest absolute Gasteiger partial charge is 0.478 e. The number of carboxylic acids is 1. The maximum absolute atomic E-state index is 12.8. The molecule has 0 radical (unpaired) electrons. The first-order valence-corrected chi connectivity index (χ1v) is 6.28. The highest BCUT2D eigenvalue weighted by Gasteiger charge is 2.44. The summed E-state index contributed by atoms with van der Waals surface area (Å²) >= 11 is 6.02. The molecule has 1 unspecified atom stereocenters. The van der Waals surface area contributed by atoms with Gasteiger partial charge in [-0.2, -0.15) is 13.2 Å². The topological polar surface area (TPSA) is 66.8 Å². The lowest BCUT2D eigenvalue weighted by Gasteiger charge is -2.28. The number of hydrogen-bond donors (Lipinski definition) is 2. The molecule has 0 fully saturated rings. The van der Waals surface area contributed by atoms with E-state index in [0.29, 0.717) is 12.0 Å². The van der Waals surface area contributed by atoms with Crippen LogP contribution < -0.4 is 0 Å². The standard InChI is InChI=1S/C13H10ClF3O4/c1-2-5-8(18)4-9-6(10(5)14)3-7(12(19)20)11(21-9)13(15,16)17/h3-4,8,18H,2H2,1H3,(H,19,20). The SMILES string of the molecule is CCC1=C(Cl)C2=CC(C(=O)O)=C(C(F)(F)F)OC2=CC1O. The van der Waals surface area contributed by atoms with Crippen molar-refractivity contribution in [2.75, 3.05) is 0 Å². The zero-order chi connectivity index (χ0) is 15.9. The summed E-state index contributed by atoms with van der Waals surface area (Å²) in [4.78, 5) is 11.0. The Kier molecular flexibility index (Phi) is 3.90. The molecule has 114 valence electrons. The fraction of sp³-hybridized carbons (Fsp3) is 0.308. The molecule has 1 heterocycles. The van der Waals surface area contributed by atoms with Crippen molar-refractivity contribution in [3.63, 3.8) is 0 Å². The molecule has 1 aliphatic carbocycles. The van der Waals surface area contributed by atoms with Crippen molar-refractivity contribution in [2.45, 2.75) is 25.6 Å². The van der Waals surface area contributed by atoms with Crippen LogP contribution >= 0.6 is 11.6 Å². The minimum absolute atomic E-state index is 0.00229. The Morgan fingerprint density at radius 1 is 1.48 bits per heavy atom. The predicted molar refractivity (Wildman–Crippen MR) is 67.1 cm³/mol. The van der Waals surface area contributed by atoms with E-state index in [1.807, 2.05) is 0 Å². The van der Waals surface area contributed by atoms with E-state index in [4.69, 9.17) is 16.7 Å². The monoisotopic (exact) mass is 322 g/mol. The van der Waals surface area contributed by atoms with E-state index < -0.39 is 29.6 Å². The molecular formula is C13H10ClF3O4. The van der Waals surface area contributed by atoms with Gasteiger partial charge in [-0.15, -0.1) is 0 Å². The molecule has 2 aliphatic rings. The highest BCUT2D eigenvalue weighted by molar-refractivity contribution is 6.33. The lowest BCUT2D eigenvalue weighted by atomic mass is 9.92. The van der Waals surface area contributed by atoms with Gasteiger partial charge in [-0.25, -0.2) is 4.79 Å². The maximum Gasteiger partial charge on any atom is 0.450 e. The van der Waals surface area contributed by atoms with Crippen LogP contribution in [0.4, 0.5) is 13.2 Å². The number of carbonyl (C=O) groups is 1. The second kappa shape index (κ2) is 5.23. The number of carboxylic acid groups (broad SMARTS) is 1. The first-order chi connectivity index (χ1) is 9.66. The summed E-state index contributed by atoms with van der Waals surface area (Å²) in [5.74, 6) is -3.72. The fourth-order valence-electron chi connectivity index (χ4n) is 2.08. The van der Waals surface area contributed by atoms with Crippen LogP contribution in [0.25, 0.3) is 0 Å². The van der Waals surface area contributed by atoms with E-state index >= 15 is 0 Å². The Morgan fingerprint density at radius 2 is 2.10 bits per heavy atom. The van der Waals surface area contributed by atoms with Crippen molar-refractivity contribution in [3.8, 4) is 0 Å². The second-order valence-electron chi connectivity index (χ2n) is 4.37. The van der Waals surface area contributed by atoms with Crippen LogP contribution in [0, 0.1) is 0 Å². The van der Waals surface area contributed by atoms with Gasteiger partial charge in [-0.3, -0.25) is 0 Å². The number of fused-ring (bicyclic) bond motifs is 1. The number of allylic oxidation sites excluding steroid dienone is 2. The molecule has 0 aromatic rings. The summed E-state index contributed by atoms with van der Waals surface area (Å²) in [6.07, 6.45) is -3.90. The molecule has 1 atom stereocenters. The quantitative estimate of drug-likeness (QED) is 0.820. The summed E-state index contributed by atoms with van der Waals surface area (Å²) in [5, 5.41) is 18.7. The van der Waals surface area contributed by atoms with Crippen LogP contribution in [0.3, 0.4) is 0 Å². The second-order valence-corrected chi connectivity index (χ2v) is 4.75. The summed E-state index contributed by atoms with van der Waals surface area (Å²) < 4.78 is 43.2. The maximum atomic E-state index is 12.8. The van der Waals surface area contributed by atoms with Crippen LogP contribution in [-0.2, 0) is 9.53 Å². The predicted octanol–water partition coefficient (Wildman–Crippen LogP) is 3.01. The lowest BCUT2D eigenvalue weighted by Crippen LogP contribution is -2.26. The van der Waals surface area contributed by atoms with Gasteiger partial charge in [0.2, 0.25) is 5.76 Å². The molecule has 1 aliphatic heterocycles. The molecule has 4 nitrogen and oxygen atoms in total. The third-order valence-corrected chi connectivity index (χ3v) is 3.51. The van der Waals surface area contributed by atoms with Gasteiger partial charge < -0.3 is 14.9 Å². The molecule has 21 heavy (non-hydrogen) atoms. The van der Waals surface area contributed by atoms with Gasteiger partial charge in [-0.05, 0) is 24.1 Å². The van der Waals surface area contributed by atoms with Gasteiger partial charge >= 0.3 is 12.1 Å². The van der Waals surface area contributed by atoms with Crippen LogP contribution in [0.1, 0.15) is 13.3 Å². The number of ether oxygens (including phenoxy) is 1. The normalized spacial score (nSPS) is 22.5. The number of rotatable bonds is 2. The van der Waals surface area contributed by atoms with Gasteiger partial charge in [0.05, 0.1) is 11.1 Å². The summed E-state index contributed by atoms with van der Waals surface area (Å²) in [7, 11) is 0. The number of hydrogen-bond acceptors (Lipinski definition) is 3. The number of alkyl halides is 3. The molecule has 0 aromatic carbocycles. The van der Waals surface area contributed by atoms with Crippen molar-refractivity contribution in [2.24, 2.45) is 0 Å². The number of aliphatic hydroxyl groups is 1. The highest BCUT2D eigenvalue weighted by Crippen LogP contribution is 2.43. The molecule has 2 N–H and O–H groups in total. The van der Waals surface area contributed by atoms with Gasteiger partial charge in [0.25, 0.3) is 0 Å². The van der Waals surface area contributed by atoms with E-state index in [0.717, 1.165) is 12.2 Å². The van der Waals surface area contributed by atoms with E-state index in [-0.39, 0.29) is 16.4 Å².